The molecular formula is C20H16F2N4O2. The lowest BCUT2D eigenvalue weighted by atomic mass is 10.0. The van der Waals surface area contributed by atoms with Crippen molar-refractivity contribution in [1.29, 1.82) is 0 Å². The van der Waals surface area contributed by atoms with Crippen molar-refractivity contribution in [2.75, 3.05) is 17.7 Å². The summed E-state index contributed by atoms with van der Waals surface area (Å²) in [7, 11) is 0. The van der Waals surface area contributed by atoms with Gasteiger partial charge in [0.15, 0.2) is 5.82 Å². The van der Waals surface area contributed by atoms with Gasteiger partial charge in [-0.3, -0.25) is 0 Å². The minimum absolute atomic E-state index is 0.0405. The second kappa shape index (κ2) is 6.80. The summed E-state index contributed by atoms with van der Waals surface area (Å²) in [6, 6.07) is 11.6. The predicted octanol–water partition coefficient (Wildman–Crippen LogP) is 4.27. The maximum absolute atomic E-state index is 13.9. The zero-order valence-electron chi connectivity index (χ0n) is 14.9. The number of esters is 1. The molecule has 28 heavy (non-hydrogen) atoms. The van der Waals surface area contributed by atoms with Crippen LogP contribution in [0.1, 0.15) is 17.3 Å². The summed E-state index contributed by atoms with van der Waals surface area (Å²) < 4.78 is 33.4. The summed E-state index contributed by atoms with van der Waals surface area (Å²) in [4.78, 5) is 12.4. The van der Waals surface area contributed by atoms with Gasteiger partial charge in [0.25, 0.3) is 0 Å². The van der Waals surface area contributed by atoms with Crippen LogP contribution in [0.25, 0.3) is 16.3 Å². The summed E-state index contributed by atoms with van der Waals surface area (Å²) in [5, 5.41) is 8.38. The molecule has 3 N–H and O–H groups in total. The first kappa shape index (κ1) is 17.7. The summed E-state index contributed by atoms with van der Waals surface area (Å²) >= 11 is 0. The third-order valence-corrected chi connectivity index (χ3v) is 4.32. The Kier molecular flexibility index (Phi) is 4.31. The van der Waals surface area contributed by atoms with Gasteiger partial charge in [-0.1, -0.05) is 0 Å². The Morgan fingerprint density at radius 2 is 1.82 bits per heavy atom. The first-order valence-electron chi connectivity index (χ1n) is 8.58. The van der Waals surface area contributed by atoms with Crippen molar-refractivity contribution in [1.82, 2.24) is 9.61 Å². The van der Waals surface area contributed by atoms with E-state index in [1.54, 1.807) is 31.2 Å². The lowest BCUT2D eigenvalue weighted by Gasteiger charge is -2.11. The Morgan fingerprint density at radius 1 is 1.11 bits per heavy atom. The molecule has 0 aliphatic rings. The normalized spacial score (nSPS) is 11.1. The topological polar surface area (TPSA) is 81.7 Å². The van der Waals surface area contributed by atoms with Gasteiger partial charge in [-0.2, -0.15) is 0 Å². The molecule has 2 heterocycles. The first-order valence-corrected chi connectivity index (χ1v) is 8.58. The van der Waals surface area contributed by atoms with Crippen molar-refractivity contribution in [3.05, 3.63) is 65.7 Å². The van der Waals surface area contributed by atoms with Crippen molar-refractivity contribution >= 4 is 39.6 Å². The van der Waals surface area contributed by atoms with E-state index in [1.165, 1.54) is 28.8 Å². The fourth-order valence-electron chi connectivity index (χ4n) is 3.11. The zero-order chi connectivity index (χ0) is 19.8. The molecule has 0 saturated heterocycles. The second-order valence-corrected chi connectivity index (χ2v) is 6.13. The zero-order valence-corrected chi connectivity index (χ0v) is 14.9. The molecule has 8 heteroatoms. The lowest BCUT2D eigenvalue weighted by molar-refractivity contribution is 0.0529. The van der Waals surface area contributed by atoms with E-state index in [9.17, 15) is 13.6 Å². The predicted molar refractivity (Wildman–Crippen MR) is 103 cm³/mol. The average molecular weight is 382 g/mol. The van der Waals surface area contributed by atoms with Crippen LogP contribution in [0.2, 0.25) is 0 Å². The van der Waals surface area contributed by atoms with Gasteiger partial charge in [0.1, 0.15) is 23.0 Å². The van der Waals surface area contributed by atoms with Crippen molar-refractivity contribution in [3.63, 3.8) is 0 Å². The lowest BCUT2D eigenvalue weighted by Crippen LogP contribution is -2.13. The molecule has 0 aliphatic carbocycles. The Morgan fingerprint density at radius 3 is 2.54 bits per heavy atom. The molecule has 0 fully saturated rings. The third kappa shape index (κ3) is 2.98. The Hall–Kier alpha value is -3.68. The van der Waals surface area contributed by atoms with Crippen molar-refractivity contribution in [2.24, 2.45) is 0 Å². The highest BCUT2D eigenvalue weighted by Gasteiger charge is 2.21. The van der Waals surface area contributed by atoms with Crippen LogP contribution in [0.4, 0.5) is 26.1 Å². The molecule has 0 radical (unpaired) electrons. The molecule has 142 valence electrons. The number of ether oxygens (including phenoxy) is 1. The molecule has 0 unspecified atom stereocenters. The number of nitrogens with two attached hydrogens (primary N) is 1. The van der Waals surface area contributed by atoms with Crippen LogP contribution < -0.4 is 11.1 Å². The number of fused-ring (bicyclic) bond motifs is 3. The van der Waals surface area contributed by atoms with E-state index < -0.39 is 11.8 Å². The van der Waals surface area contributed by atoms with Crippen molar-refractivity contribution in [3.8, 4) is 0 Å². The van der Waals surface area contributed by atoms with Crippen LogP contribution in [0.3, 0.4) is 0 Å². The number of benzene rings is 2. The number of aromatic nitrogens is 2. The highest BCUT2D eigenvalue weighted by Crippen LogP contribution is 2.32. The number of anilines is 3. The third-order valence-electron chi connectivity index (χ3n) is 4.32. The van der Waals surface area contributed by atoms with Gasteiger partial charge in [-0.25, -0.2) is 18.1 Å². The van der Waals surface area contributed by atoms with E-state index in [2.05, 4.69) is 10.4 Å². The fraction of sp³-hybridized carbons (Fsp3) is 0.100. The molecule has 0 bridgehead atoms. The van der Waals surface area contributed by atoms with E-state index in [1.807, 2.05) is 0 Å². The molecule has 4 aromatic rings. The van der Waals surface area contributed by atoms with Crippen LogP contribution in [0.5, 0.6) is 0 Å². The summed E-state index contributed by atoms with van der Waals surface area (Å²) in [6.45, 7) is 1.83. The molecule has 2 aromatic heterocycles. The summed E-state index contributed by atoms with van der Waals surface area (Å²) in [6.07, 6.45) is 0. The van der Waals surface area contributed by atoms with Gasteiger partial charge in [0.2, 0.25) is 0 Å². The maximum atomic E-state index is 13.9. The van der Waals surface area contributed by atoms with Crippen molar-refractivity contribution in [2.45, 2.75) is 6.92 Å². The van der Waals surface area contributed by atoms with E-state index >= 15 is 0 Å². The largest absolute Gasteiger partial charge is 0.462 e. The number of nitrogens with zero attached hydrogens (tertiary/aromatic N) is 2. The fourth-order valence-corrected chi connectivity index (χ4v) is 3.11. The number of rotatable bonds is 4. The molecule has 4 rings (SSSR count). The van der Waals surface area contributed by atoms with Crippen LogP contribution in [-0.2, 0) is 4.74 Å². The van der Waals surface area contributed by atoms with Gasteiger partial charge in [-0.05, 0) is 49.4 Å². The Balaban J connectivity index is 1.92. The number of carbonyl (C=O) groups is 1. The van der Waals surface area contributed by atoms with Gasteiger partial charge >= 0.3 is 5.97 Å². The molecular weight excluding hydrogens is 366 g/mol. The Bertz CT molecular complexity index is 1200. The monoisotopic (exact) mass is 382 g/mol. The number of hydrogen-bond acceptors (Lipinski definition) is 5. The van der Waals surface area contributed by atoms with E-state index in [-0.39, 0.29) is 23.8 Å². The molecule has 2 aromatic carbocycles. The number of pyridine rings is 1. The molecule has 0 amide bonds. The number of carbonyl (C=O) groups excluding carboxylic acids is 1. The maximum Gasteiger partial charge on any atom is 0.342 e. The second-order valence-electron chi connectivity index (χ2n) is 6.13. The summed E-state index contributed by atoms with van der Waals surface area (Å²) in [5.74, 6) is -1.02. The van der Waals surface area contributed by atoms with E-state index in [0.717, 1.165) is 0 Å². The standard InChI is InChI=1S/C20H16F2N4O2/c1-2-28-20(27)18-15-9-12(22)5-8-14(15)16-10-17(25-26(16)19(18)23)24-13-6-3-11(21)4-7-13/h3-10H,2,23H2,1H3,(H,24,25). The van der Waals surface area contributed by atoms with Gasteiger partial charge < -0.3 is 15.8 Å². The molecule has 0 saturated carbocycles. The number of halogens is 2. The highest BCUT2D eigenvalue weighted by molar-refractivity contribution is 6.12. The number of nitrogen functional groups attached to an aromatic ring is 1. The quantitative estimate of drug-likeness (QED) is 0.515. The molecule has 0 atom stereocenters. The van der Waals surface area contributed by atoms with Gasteiger partial charge in [-0.15, -0.1) is 5.10 Å². The van der Waals surface area contributed by atoms with Crippen molar-refractivity contribution < 1.29 is 18.3 Å². The van der Waals surface area contributed by atoms with Crippen LogP contribution in [-0.4, -0.2) is 22.2 Å². The van der Waals surface area contributed by atoms with E-state index in [4.69, 9.17) is 10.5 Å². The average Bonchev–Trinajstić information content (AvgIpc) is 3.08. The van der Waals surface area contributed by atoms with E-state index in [0.29, 0.717) is 27.8 Å². The van der Waals surface area contributed by atoms with Crippen LogP contribution in [0.15, 0.2) is 48.5 Å². The summed E-state index contributed by atoms with van der Waals surface area (Å²) in [5.41, 5.74) is 7.47. The number of nitrogens with one attached hydrogen (secondary N) is 1. The van der Waals surface area contributed by atoms with Gasteiger partial charge in [0.05, 0.1) is 12.1 Å². The minimum Gasteiger partial charge on any atom is -0.462 e. The minimum atomic E-state index is -0.652. The molecule has 0 aliphatic heterocycles. The highest BCUT2D eigenvalue weighted by atomic mass is 19.1. The number of hydrogen-bond donors (Lipinski definition) is 2. The Labute approximate surface area is 158 Å². The smallest absolute Gasteiger partial charge is 0.342 e. The SMILES string of the molecule is CCOC(=O)c1c(N)n2nc(Nc3ccc(F)cc3)cc2c2ccc(F)cc12. The van der Waals surface area contributed by atoms with Crippen LogP contribution >= 0.6 is 0 Å². The van der Waals surface area contributed by atoms with Gasteiger partial charge in [0, 0.05) is 22.5 Å². The molecule has 6 nitrogen and oxygen atoms in total. The molecule has 0 spiro atoms. The first-order chi connectivity index (χ1) is 13.5. The van der Waals surface area contributed by atoms with Crippen LogP contribution in [0, 0.1) is 11.6 Å².